The zero-order valence-corrected chi connectivity index (χ0v) is 8.05. The molecule has 3 heteroatoms. The van der Waals surface area contributed by atoms with Crippen molar-refractivity contribution in [1.29, 1.82) is 5.26 Å². The molecule has 0 atom stereocenters. The van der Waals surface area contributed by atoms with Crippen LogP contribution in [-0.4, -0.2) is 36.6 Å². The predicted molar refractivity (Wildman–Crippen MR) is 51.3 cm³/mol. The molecule has 0 aromatic heterocycles. The molecule has 3 nitrogen and oxygen atoms in total. The van der Waals surface area contributed by atoms with Crippen LogP contribution in [0.4, 0.5) is 0 Å². The van der Waals surface area contributed by atoms with E-state index in [2.05, 4.69) is 16.3 Å². The van der Waals surface area contributed by atoms with Gasteiger partial charge < -0.3 is 5.32 Å². The van der Waals surface area contributed by atoms with E-state index < -0.39 is 0 Å². The molecular formula is C10H17N3. The second-order valence-electron chi connectivity index (χ2n) is 4.21. The van der Waals surface area contributed by atoms with Gasteiger partial charge in [-0.1, -0.05) is 6.42 Å². The molecule has 0 saturated carbocycles. The normalized spacial score (nSPS) is 27.6. The Morgan fingerprint density at radius 2 is 1.92 bits per heavy atom. The number of nitrogens with zero attached hydrogens (tertiary/aromatic N) is 2. The van der Waals surface area contributed by atoms with E-state index in [1.165, 1.54) is 32.4 Å². The molecule has 0 unspecified atom stereocenters. The largest absolute Gasteiger partial charge is 0.313 e. The lowest BCUT2D eigenvalue weighted by Crippen LogP contribution is -2.69. The third-order valence-corrected chi connectivity index (χ3v) is 3.34. The van der Waals surface area contributed by atoms with Crippen molar-refractivity contribution in [2.75, 3.05) is 26.2 Å². The molecule has 2 saturated heterocycles. The predicted octanol–water partition coefficient (Wildman–Crippen LogP) is 0.728. The SMILES string of the molecule is N#CCC1(N2CCCCC2)CNC1. The number of hydrogen-bond donors (Lipinski definition) is 1. The van der Waals surface area contributed by atoms with Gasteiger partial charge in [-0.25, -0.2) is 0 Å². The van der Waals surface area contributed by atoms with E-state index in [-0.39, 0.29) is 5.54 Å². The molecule has 0 amide bonds. The average molecular weight is 179 g/mol. The molecule has 72 valence electrons. The summed E-state index contributed by atoms with van der Waals surface area (Å²) in [5, 5.41) is 12.1. The number of nitrogens with one attached hydrogen (secondary N) is 1. The Kier molecular flexibility index (Phi) is 2.52. The first-order valence-corrected chi connectivity index (χ1v) is 5.20. The molecule has 0 bridgehead atoms. The van der Waals surface area contributed by atoms with Gasteiger partial charge in [0.2, 0.25) is 0 Å². The van der Waals surface area contributed by atoms with E-state index in [4.69, 9.17) is 5.26 Å². The molecule has 1 N–H and O–H groups in total. The maximum Gasteiger partial charge on any atom is 0.0642 e. The highest BCUT2D eigenvalue weighted by atomic mass is 15.3. The summed E-state index contributed by atoms with van der Waals surface area (Å²) in [7, 11) is 0. The van der Waals surface area contributed by atoms with E-state index >= 15 is 0 Å². The highest BCUT2D eigenvalue weighted by Crippen LogP contribution is 2.27. The fourth-order valence-electron chi connectivity index (χ4n) is 2.39. The number of hydrogen-bond acceptors (Lipinski definition) is 3. The number of likely N-dealkylation sites (tertiary alicyclic amines) is 1. The third-order valence-electron chi connectivity index (χ3n) is 3.34. The van der Waals surface area contributed by atoms with Crippen LogP contribution in [0.2, 0.25) is 0 Å². The quantitative estimate of drug-likeness (QED) is 0.679. The van der Waals surface area contributed by atoms with Gasteiger partial charge in [0, 0.05) is 13.1 Å². The Morgan fingerprint density at radius 1 is 1.23 bits per heavy atom. The fraction of sp³-hybridized carbons (Fsp3) is 0.900. The van der Waals surface area contributed by atoms with Crippen LogP contribution in [0, 0.1) is 11.3 Å². The highest BCUT2D eigenvalue weighted by molar-refractivity contribution is 5.07. The second kappa shape index (κ2) is 3.65. The molecule has 0 spiro atoms. The van der Waals surface area contributed by atoms with Crippen molar-refractivity contribution in [3.8, 4) is 6.07 Å². The summed E-state index contributed by atoms with van der Waals surface area (Å²) in [6.07, 6.45) is 4.69. The Balaban J connectivity index is 1.98. The van der Waals surface area contributed by atoms with Crippen LogP contribution < -0.4 is 5.32 Å². The zero-order valence-electron chi connectivity index (χ0n) is 8.05. The van der Waals surface area contributed by atoms with Gasteiger partial charge in [-0.15, -0.1) is 0 Å². The van der Waals surface area contributed by atoms with E-state index in [1.807, 2.05) is 0 Å². The minimum atomic E-state index is 0.204. The van der Waals surface area contributed by atoms with Gasteiger partial charge in [0.15, 0.2) is 0 Å². The van der Waals surface area contributed by atoms with Crippen molar-refractivity contribution in [3.63, 3.8) is 0 Å². The third kappa shape index (κ3) is 1.56. The first kappa shape index (κ1) is 8.98. The molecule has 0 radical (unpaired) electrons. The molecular weight excluding hydrogens is 162 g/mol. The monoisotopic (exact) mass is 179 g/mol. The van der Waals surface area contributed by atoms with Crippen molar-refractivity contribution < 1.29 is 0 Å². The van der Waals surface area contributed by atoms with E-state index in [1.54, 1.807) is 0 Å². The summed E-state index contributed by atoms with van der Waals surface area (Å²) < 4.78 is 0. The molecule has 2 heterocycles. The Bertz CT molecular complexity index is 209. The zero-order chi connectivity index (χ0) is 9.15. The van der Waals surface area contributed by atoms with Crippen LogP contribution in [-0.2, 0) is 0 Å². The smallest absolute Gasteiger partial charge is 0.0642 e. The van der Waals surface area contributed by atoms with Gasteiger partial charge in [0.25, 0.3) is 0 Å². The lowest BCUT2D eigenvalue weighted by atomic mass is 9.85. The van der Waals surface area contributed by atoms with E-state index in [9.17, 15) is 0 Å². The minimum Gasteiger partial charge on any atom is -0.313 e. The topological polar surface area (TPSA) is 39.1 Å². The average Bonchev–Trinajstić information content (AvgIpc) is 2.13. The van der Waals surface area contributed by atoms with Gasteiger partial charge in [0.1, 0.15) is 0 Å². The summed E-state index contributed by atoms with van der Waals surface area (Å²) in [6.45, 7) is 4.42. The summed E-state index contributed by atoms with van der Waals surface area (Å²) >= 11 is 0. The summed E-state index contributed by atoms with van der Waals surface area (Å²) in [5.74, 6) is 0. The first-order valence-electron chi connectivity index (χ1n) is 5.20. The summed E-state index contributed by atoms with van der Waals surface area (Å²) in [6, 6.07) is 2.33. The van der Waals surface area contributed by atoms with Crippen molar-refractivity contribution in [1.82, 2.24) is 10.2 Å². The van der Waals surface area contributed by atoms with Crippen LogP contribution in [0.5, 0.6) is 0 Å². The van der Waals surface area contributed by atoms with Gasteiger partial charge in [-0.3, -0.25) is 4.90 Å². The molecule has 2 aliphatic rings. The fourth-order valence-corrected chi connectivity index (χ4v) is 2.39. The van der Waals surface area contributed by atoms with Gasteiger partial charge in [0.05, 0.1) is 18.0 Å². The second-order valence-corrected chi connectivity index (χ2v) is 4.21. The first-order chi connectivity index (χ1) is 6.37. The number of nitriles is 1. The number of piperidine rings is 1. The van der Waals surface area contributed by atoms with Crippen LogP contribution in [0.1, 0.15) is 25.7 Å². The standard InChI is InChI=1S/C10H17N3/c11-5-4-10(8-12-9-10)13-6-2-1-3-7-13/h12H,1-4,6-9H2. The van der Waals surface area contributed by atoms with Gasteiger partial charge in [-0.05, 0) is 25.9 Å². The summed E-state index contributed by atoms with van der Waals surface area (Å²) in [5.41, 5.74) is 0.204. The van der Waals surface area contributed by atoms with E-state index in [0.29, 0.717) is 6.42 Å². The summed E-state index contributed by atoms with van der Waals surface area (Å²) in [4.78, 5) is 2.52. The highest BCUT2D eigenvalue weighted by Gasteiger charge is 2.42. The van der Waals surface area contributed by atoms with Crippen molar-refractivity contribution >= 4 is 0 Å². The van der Waals surface area contributed by atoms with Crippen LogP contribution >= 0.6 is 0 Å². The van der Waals surface area contributed by atoms with Crippen LogP contribution in [0.15, 0.2) is 0 Å². The molecule has 13 heavy (non-hydrogen) atoms. The maximum atomic E-state index is 8.79. The lowest BCUT2D eigenvalue weighted by Gasteiger charge is -2.51. The maximum absolute atomic E-state index is 8.79. The molecule has 2 fully saturated rings. The van der Waals surface area contributed by atoms with Crippen molar-refractivity contribution in [2.45, 2.75) is 31.2 Å². The van der Waals surface area contributed by atoms with Gasteiger partial charge >= 0.3 is 0 Å². The van der Waals surface area contributed by atoms with E-state index in [0.717, 1.165) is 13.1 Å². The van der Waals surface area contributed by atoms with Crippen molar-refractivity contribution in [2.24, 2.45) is 0 Å². The van der Waals surface area contributed by atoms with Crippen LogP contribution in [0.3, 0.4) is 0 Å². The van der Waals surface area contributed by atoms with Crippen molar-refractivity contribution in [3.05, 3.63) is 0 Å². The molecule has 0 aromatic rings. The Hall–Kier alpha value is -0.590. The lowest BCUT2D eigenvalue weighted by molar-refractivity contribution is 0.0256. The Labute approximate surface area is 79.7 Å². The molecule has 0 aliphatic carbocycles. The molecule has 2 aliphatic heterocycles. The van der Waals surface area contributed by atoms with Gasteiger partial charge in [-0.2, -0.15) is 5.26 Å². The molecule has 0 aromatic carbocycles. The minimum absolute atomic E-state index is 0.204. The van der Waals surface area contributed by atoms with Crippen LogP contribution in [0.25, 0.3) is 0 Å². The Morgan fingerprint density at radius 3 is 2.38 bits per heavy atom. The number of rotatable bonds is 2. The molecule has 2 rings (SSSR count).